The van der Waals surface area contributed by atoms with Gasteiger partial charge in [-0.1, -0.05) is 44.2 Å². The van der Waals surface area contributed by atoms with Crippen LogP contribution in [0.25, 0.3) is 0 Å². The SMILES string of the molecule is CC(C)c1ccccc1NC(=O)[C@@H](C)OC(=O)C[C@@H]1Oc2ccccc2NC1=O. The molecule has 0 unspecified atom stereocenters. The van der Waals surface area contributed by atoms with Crippen molar-refractivity contribution < 1.29 is 23.9 Å². The second kappa shape index (κ2) is 8.77. The summed E-state index contributed by atoms with van der Waals surface area (Å²) in [5.41, 5.74) is 2.23. The summed E-state index contributed by atoms with van der Waals surface area (Å²) in [6.07, 6.45) is -2.31. The van der Waals surface area contributed by atoms with Crippen molar-refractivity contribution in [2.45, 2.75) is 45.3 Å². The molecule has 152 valence electrons. The molecular weight excluding hydrogens is 372 g/mol. The van der Waals surface area contributed by atoms with Crippen LogP contribution in [0, 0.1) is 0 Å². The Bertz CT molecular complexity index is 925. The maximum Gasteiger partial charge on any atom is 0.310 e. The smallest absolute Gasteiger partial charge is 0.310 e. The number of hydrogen-bond donors (Lipinski definition) is 2. The fourth-order valence-electron chi connectivity index (χ4n) is 3.03. The van der Waals surface area contributed by atoms with Crippen molar-refractivity contribution in [3.8, 4) is 5.75 Å². The van der Waals surface area contributed by atoms with Gasteiger partial charge in [-0.05, 0) is 36.6 Å². The van der Waals surface area contributed by atoms with Crippen molar-refractivity contribution >= 4 is 29.2 Å². The Hall–Kier alpha value is -3.35. The quantitative estimate of drug-likeness (QED) is 0.729. The lowest BCUT2D eigenvalue weighted by Crippen LogP contribution is -2.40. The van der Waals surface area contributed by atoms with Crippen molar-refractivity contribution in [1.29, 1.82) is 0 Å². The summed E-state index contributed by atoms with van der Waals surface area (Å²) in [5.74, 6) is -0.839. The highest BCUT2D eigenvalue weighted by molar-refractivity contribution is 6.00. The van der Waals surface area contributed by atoms with Crippen LogP contribution in [0.1, 0.15) is 38.7 Å². The molecule has 0 aromatic heterocycles. The Morgan fingerprint density at radius 3 is 2.55 bits per heavy atom. The average Bonchev–Trinajstić information content (AvgIpc) is 2.68. The van der Waals surface area contributed by atoms with Crippen LogP contribution >= 0.6 is 0 Å². The summed E-state index contributed by atoms with van der Waals surface area (Å²) in [5, 5.41) is 5.49. The van der Waals surface area contributed by atoms with Crippen LogP contribution < -0.4 is 15.4 Å². The molecule has 0 fully saturated rings. The summed E-state index contributed by atoms with van der Waals surface area (Å²) < 4.78 is 10.8. The van der Waals surface area contributed by atoms with Crippen LogP contribution in [0.2, 0.25) is 0 Å². The molecule has 2 aromatic carbocycles. The number of carbonyl (C=O) groups is 3. The maximum absolute atomic E-state index is 12.4. The number of anilines is 2. The van der Waals surface area contributed by atoms with Crippen molar-refractivity contribution in [1.82, 2.24) is 0 Å². The van der Waals surface area contributed by atoms with E-state index in [1.807, 2.05) is 32.0 Å². The topological polar surface area (TPSA) is 93.7 Å². The van der Waals surface area contributed by atoms with Crippen LogP contribution in [0.4, 0.5) is 11.4 Å². The first-order chi connectivity index (χ1) is 13.8. The van der Waals surface area contributed by atoms with Crippen LogP contribution in [-0.2, 0) is 19.1 Å². The molecular formula is C22H24N2O5. The number of benzene rings is 2. The molecule has 29 heavy (non-hydrogen) atoms. The lowest BCUT2D eigenvalue weighted by Gasteiger charge is -2.25. The maximum atomic E-state index is 12.4. The summed E-state index contributed by atoms with van der Waals surface area (Å²) in [4.78, 5) is 36.8. The number of carbonyl (C=O) groups excluding carboxylic acids is 3. The predicted molar refractivity (Wildman–Crippen MR) is 109 cm³/mol. The summed E-state index contributed by atoms with van der Waals surface area (Å²) in [6.45, 7) is 5.55. The summed E-state index contributed by atoms with van der Waals surface area (Å²) in [7, 11) is 0. The molecule has 0 saturated heterocycles. The van der Waals surface area contributed by atoms with Gasteiger partial charge in [-0.25, -0.2) is 0 Å². The molecule has 0 spiro atoms. The lowest BCUT2D eigenvalue weighted by atomic mass is 10.0. The molecule has 2 atom stereocenters. The second-order valence-corrected chi connectivity index (χ2v) is 7.16. The minimum absolute atomic E-state index is 0.231. The molecule has 0 aliphatic carbocycles. The van der Waals surface area contributed by atoms with Gasteiger partial charge in [0.05, 0.1) is 12.1 Å². The fraction of sp³-hybridized carbons (Fsp3) is 0.318. The van der Waals surface area contributed by atoms with Gasteiger partial charge in [-0.3, -0.25) is 14.4 Å². The summed E-state index contributed by atoms with van der Waals surface area (Å²) in [6, 6.07) is 14.4. The number of ether oxygens (including phenoxy) is 2. The van der Waals surface area contributed by atoms with Crippen LogP contribution in [0.5, 0.6) is 5.75 Å². The number of rotatable bonds is 6. The van der Waals surface area contributed by atoms with Crippen LogP contribution in [0.15, 0.2) is 48.5 Å². The van der Waals surface area contributed by atoms with E-state index in [1.165, 1.54) is 6.92 Å². The third-order valence-electron chi connectivity index (χ3n) is 4.58. The zero-order valence-corrected chi connectivity index (χ0v) is 16.6. The van der Waals surface area contributed by atoms with E-state index in [9.17, 15) is 14.4 Å². The molecule has 2 aromatic rings. The van der Waals surface area contributed by atoms with E-state index in [0.717, 1.165) is 5.56 Å². The van der Waals surface area contributed by atoms with Gasteiger partial charge >= 0.3 is 5.97 Å². The van der Waals surface area contributed by atoms with E-state index < -0.39 is 30.0 Å². The van der Waals surface area contributed by atoms with E-state index in [-0.39, 0.29) is 12.3 Å². The highest BCUT2D eigenvalue weighted by atomic mass is 16.6. The van der Waals surface area contributed by atoms with Gasteiger partial charge in [-0.15, -0.1) is 0 Å². The predicted octanol–water partition coefficient (Wildman–Crippen LogP) is 3.47. The zero-order valence-electron chi connectivity index (χ0n) is 16.6. The van der Waals surface area contributed by atoms with E-state index in [1.54, 1.807) is 30.3 Å². The molecule has 3 rings (SSSR count). The third kappa shape index (κ3) is 4.93. The molecule has 2 amide bonds. The van der Waals surface area contributed by atoms with Gasteiger partial charge in [0.25, 0.3) is 11.8 Å². The van der Waals surface area contributed by atoms with Gasteiger partial charge < -0.3 is 20.1 Å². The standard InChI is InChI=1S/C22H24N2O5/c1-13(2)15-8-4-5-9-16(15)23-21(26)14(3)28-20(25)12-19-22(27)24-17-10-6-7-11-18(17)29-19/h4-11,13-14,19H,12H2,1-3H3,(H,23,26)(H,24,27)/t14-,19+/m1/s1. The first-order valence-corrected chi connectivity index (χ1v) is 9.51. The molecule has 7 heteroatoms. The van der Waals surface area contributed by atoms with E-state index in [4.69, 9.17) is 9.47 Å². The molecule has 1 aliphatic rings. The molecule has 1 aliphatic heterocycles. The number of amides is 2. The summed E-state index contributed by atoms with van der Waals surface area (Å²) >= 11 is 0. The molecule has 0 radical (unpaired) electrons. The second-order valence-electron chi connectivity index (χ2n) is 7.16. The number of esters is 1. The first kappa shape index (κ1) is 20.4. The monoisotopic (exact) mass is 396 g/mol. The van der Waals surface area contributed by atoms with E-state index in [0.29, 0.717) is 17.1 Å². The van der Waals surface area contributed by atoms with E-state index in [2.05, 4.69) is 10.6 Å². The number of para-hydroxylation sites is 3. The Balaban J connectivity index is 1.57. The fourth-order valence-corrected chi connectivity index (χ4v) is 3.03. The minimum Gasteiger partial charge on any atom is -0.478 e. The highest BCUT2D eigenvalue weighted by Gasteiger charge is 2.31. The van der Waals surface area contributed by atoms with Crippen LogP contribution in [0.3, 0.4) is 0 Å². The van der Waals surface area contributed by atoms with Gasteiger partial charge in [0.1, 0.15) is 5.75 Å². The Morgan fingerprint density at radius 1 is 1.10 bits per heavy atom. The molecule has 1 heterocycles. The molecule has 0 saturated carbocycles. The average molecular weight is 396 g/mol. The van der Waals surface area contributed by atoms with Crippen molar-refractivity contribution in [3.05, 3.63) is 54.1 Å². The van der Waals surface area contributed by atoms with E-state index >= 15 is 0 Å². The van der Waals surface area contributed by atoms with Gasteiger partial charge in [0.15, 0.2) is 12.2 Å². The lowest BCUT2D eigenvalue weighted by molar-refractivity contribution is -0.155. The van der Waals surface area contributed by atoms with Crippen molar-refractivity contribution in [2.24, 2.45) is 0 Å². The van der Waals surface area contributed by atoms with Gasteiger partial charge in [-0.2, -0.15) is 0 Å². The minimum atomic E-state index is -1.01. The Kier molecular flexibility index (Phi) is 6.16. The highest BCUT2D eigenvalue weighted by Crippen LogP contribution is 2.29. The number of hydrogen-bond acceptors (Lipinski definition) is 5. The van der Waals surface area contributed by atoms with Gasteiger partial charge in [0, 0.05) is 5.69 Å². The Morgan fingerprint density at radius 2 is 1.79 bits per heavy atom. The van der Waals surface area contributed by atoms with Gasteiger partial charge in [0.2, 0.25) is 0 Å². The zero-order chi connectivity index (χ0) is 21.0. The molecule has 2 N–H and O–H groups in total. The number of fused-ring (bicyclic) bond motifs is 1. The first-order valence-electron chi connectivity index (χ1n) is 9.51. The van der Waals surface area contributed by atoms with Crippen LogP contribution in [-0.4, -0.2) is 30.0 Å². The molecule has 0 bridgehead atoms. The van der Waals surface area contributed by atoms with Crippen molar-refractivity contribution in [2.75, 3.05) is 10.6 Å². The van der Waals surface area contributed by atoms with Crippen molar-refractivity contribution in [3.63, 3.8) is 0 Å². The number of nitrogens with one attached hydrogen (secondary N) is 2. The Labute approximate surface area is 169 Å². The normalized spacial score (nSPS) is 16.3. The molecule has 7 nitrogen and oxygen atoms in total. The largest absolute Gasteiger partial charge is 0.478 e. The third-order valence-corrected chi connectivity index (χ3v) is 4.58.